The number of hydrogen-bond donors (Lipinski definition) is 0. The van der Waals surface area contributed by atoms with E-state index in [1.165, 1.54) is 4.68 Å². The topological polar surface area (TPSA) is 61.4 Å². The molecule has 5 nitrogen and oxygen atoms in total. The molecule has 0 bridgehead atoms. The van der Waals surface area contributed by atoms with Gasteiger partial charge in [-0.15, -0.1) is 0 Å². The third-order valence-electron chi connectivity index (χ3n) is 4.02. The quantitative estimate of drug-likeness (QED) is 0.795. The number of aromatic nitrogens is 1. The second kappa shape index (κ2) is 7.60. The number of rotatable bonds is 5. The Morgan fingerprint density at radius 2 is 1.83 bits per heavy atom. The summed E-state index contributed by atoms with van der Waals surface area (Å²) in [5.74, 6) is 0. The summed E-state index contributed by atoms with van der Waals surface area (Å²) in [5, 5.41) is 13.4. The van der Waals surface area contributed by atoms with Crippen LogP contribution in [0, 0.1) is 25.2 Å². The van der Waals surface area contributed by atoms with Gasteiger partial charge in [0.2, 0.25) is 0 Å². The highest BCUT2D eigenvalue weighted by atomic mass is 16.1. The molecule has 24 heavy (non-hydrogen) atoms. The van der Waals surface area contributed by atoms with Crippen molar-refractivity contribution in [1.82, 2.24) is 4.68 Å². The number of hydrogen-bond acceptors (Lipinski definition) is 4. The summed E-state index contributed by atoms with van der Waals surface area (Å²) < 4.78 is 1.27. The summed E-state index contributed by atoms with van der Waals surface area (Å²) >= 11 is 0. The number of anilines is 1. The number of nitriles is 1. The minimum atomic E-state index is -0.383. The maximum atomic E-state index is 12.3. The molecular formula is C19H22N4O. The van der Waals surface area contributed by atoms with Crippen LogP contribution in [0.4, 0.5) is 5.69 Å². The molecule has 2 rings (SSSR count). The molecule has 0 fully saturated rings. The largest absolute Gasteiger partial charge is 0.372 e. The Labute approximate surface area is 142 Å². The van der Waals surface area contributed by atoms with Crippen LogP contribution in [0.3, 0.4) is 0 Å². The molecular weight excluding hydrogens is 300 g/mol. The maximum Gasteiger partial charge on any atom is 0.289 e. The third-order valence-corrected chi connectivity index (χ3v) is 4.02. The number of nitrogens with zero attached hydrogens (tertiary/aromatic N) is 4. The predicted octanol–water partition coefficient (Wildman–Crippen LogP) is 3.07. The van der Waals surface area contributed by atoms with Gasteiger partial charge in [0.15, 0.2) is 0 Å². The molecule has 0 amide bonds. The molecule has 5 heteroatoms. The van der Waals surface area contributed by atoms with E-state index in [4.69, 9.17) is 5.26 Å². The van der Waals surface area contributed by atoms with Crippen LogP contribution in [-0.2, 0) is 0 Å². The minimum Gasteiger partial charge on any atom is -0.372 e. The van der Waals surface area contributed by atoms with Gasteiger partial charge in [0.1, 0.15) is 11.6 Å². The van der Waals surface area contributed by atoms with Crippen LogP contribution in [-0.4, -0.2) is 24.0 Å². The average Bonchev–Trinajstić information content (AvgIpc) is 2.57. The molecule has 0 aliphatic heterocycles. The summed E-state index contributed by atoms with van der Waals surface area (Å²) in [6.45, 7) is 9.72. The van der Waals surface area contributed by atoms with Gasteiger partial charge in [0.05, 0.1) is 6.21 Å². The summed E-state index contributed by atoms with van der Waals surface area (Å²) in [6, 6.07) is 11.8. The summed E-state index contributed by atoms with van der Waals surface area (Å²) in [7, 11) is 0. The first kappa shape index (κ1) is 17.5. The highest BCUT2D eigenvalue weighted by Gasteiger charge is 2.09. The van der Waals surface area contributed by atoms with Gasteiger partial charge in [-0.3, -0.25) is 4.79 Å². The monoisotopic (exact) mass is 322 g/mol. The van der Waals surface area contributed by atoms with Crippen LogP contribution in [0.5, 0.6) is 0 Å². The Morgan fingerprint density at radius 3 is 2.38 bits per heavy atom. The summed E-state index contributed by atoms with van der Waals surface area (Å²) in [4.78, 5) is 14.6. The predicted molar refractivity (Wildman–Crippen MR) is 97.9 cm³/mol. The van der Waals surface area contributed by atoms with E-state index < -0.39 is 0 Å². The van der Waals surface area contributed by atoms with Crippen molar-refractivity contribution in [3.63, 3.8) is 0 Å². The maximum absolute atomic E-state index is 12.3. The standard InChI is InChI=1S/C19H22N4O/c1-5-22(6-2)17-9-7-16(8-10-17)13-21-23-15(4)11-14(3)18(12-20)19(23)24/h7-11,13H,5-6H2,1-4H3/b21-13-. The van der Waals surface area contributed by atoms with E-state index >= 15 is 0 Å². The molecule has 2 aromatic rings. The smallest absolute Gasteiger partial charge is 0.289 e. The Hall–Kier alpha value is -2.87. The van der Waals surface area contributed by atoms with E-state index in [1.54, 1.807) is 26.1 Å². The number of benzene rings is 1. The highest BCUT2D eigenvalue weighted by Crippen LogP contribution is 2.14. The average molecular weight is 322 g/mol. The fourth-order valence-electron chi connectivity index (χ4n) is 2.65. The van der Waals surface area contributed by atoms with Gasteiger partial charge in [-0.05, 0) is 57.0 Å². The van der Waals surface area contributed by atoms with Crippen LogP contribution in [0.1, 0.15) is 36.2 Å². The zero-order chi connectivity index (χ0) is 17.7. The second-order valence-electron chi connectivity index (χ2n) is 5.58. The fraction of sp³-hybridized carbons (Fsp3) is 0.316. The van der Waals surface area contributed by atoms with Gasteiger partial charge in [0.25, 0.3) is 5.56 Å². The molecule has 0 spiro atoms. The molecule has 124 valence electrons. The normalized spacial score (nSPS) is 10.8. The van der Waals surface area contributed by atoms with Crippen LogP contribution in [0.15, 0.2) is 40.2 Å². The molecule has 0 aliphatic rings. The molecule has 0 N–H and O–H groups in total. The van der Waals surface area contributed by atoms with Crippen molar-refractivity contribution in [2.45, 2.75) is 27.7 Å². The van der Waals surface area contributed by atoms with Crippen molar-refractivity contribution >= 4 is 11.9 Å². The number of pyridine rings is 1. The molecule has 0 unspecified atom stereocenters. The van der Waals surface area contributed by atoms with Crippen LogP contribution < -0.4 is 10.5 Å². The van der Waals surface area contributed by atoms with Crippen LogP contribution in [0.2, 0.25) is 0 Å². The molecule has 0 aliphatic carbocycles. The van der Waals surface area contributed by atoms with Gasteiger partial charge in [0, 0.05) is 24.5 Å². The Morgan fingerprint density at radius 1 is 1.21 bits per heavy atom. The lowest BCUT2D eigenvalue weighted by Crippen LogP contribution is -2.22. The van der Waals surface area contributed by atoms with E-state index in [9.17, 15) is 4.79 Å². The Kier molecular flexibility index (Phi) is 5.54. The van der Waals surface area contributed by atoms with E-state index in [0.717, 1.165) is 24.3 Å². The van der Waals surface area contributed by atoms with Crippen molar-refractivity contribution < 1.29 is 0 Å². The van der Waals surface area contributed by atoms with Gasteiger partial charge in [-0.1, -0.05) is 12.1 Å². The zero-order valence-corrected chi connectivity index (χ0v) is 14.6. The highest BCUT2D eigenvalue weighted by molar-refractivity contribution is 5.80. The molecule has 0 saturated carbocycles. The minimum absolute atomic E-state index is 0.134. The molecule has 1 aromatic heterocycles. The zero-order valence-electron chi connectivity index (χ0n) is 14.6. The lowest BCUT2D eigenvalue weighted by atomic mass is 10.1. The fourth-order valence-corrected chi connectivity index (χ4v) is 2.65. The van der Waals surface area contributed by atoms with Crippen LogP contribution >= 0.6 is 0 Å². The third kappa shape index (κ3) is 3.54. The van der Waals surface area contributed by atoms with Crippen molar-refractivity contribution in [3.8, 4) is 6.07 Å². The van der Waals surface area contributed by atoms with Crippen molar-refractivity contribution in [2.24, 2.45) is 5.10 Å². The molecule has 0 radical (unpaired) electrons. The van der Waals surface area contributed by atoms with Gasteiger partial charge < -0.3 is 4.90 Å². The van der Waals surface area contributed by atoms with Crippen LogP contribution in [0.25, 0.3) is 0 Å². The van der Waals surface area contributed by atoms with E-state index in [-0.39, 0.29) is 11.1 Å². The van der Waals surface area contributed by atoms with Gasteiger partial charge in [-0.25, -0.2) is 4.68 Å². The first-order valence-corrected chi connectivity index (χ1v) is 8.04. The molecule has 1 heterocycles. The van der Waals surface area contributed by atoms with Crippen molar-refractivity contribution in [1.29, 1.82) is 5.26 Å². The first-order valence-electron chi connectivity index (χ1n) is 8.04. The molecule has 0 saturated heterocycles. The SMILES string of the molecule is CCN(CC)c1ccc(/C=N\n2c(C)cc(C)c(C#N)c2=O)cc1. The van der Waals surface area contributed by atoms with Crippen molar-refractivity contribution in [2.75, 3.05) is 18.0 Å². The second-order valence-corrected chi connectivity index (χ2v) is 5.58. The lowest BCUT2D eigenvalue weighted by molar-refractivity contribution is 0.786. The number of aryl methyl sites for hydroxylation is 2. The van der Waals surface area contributed by atoms with Gasteiger partial charge in [-0.2, -0.15) is 10.4 Å². The van der Waals surface area contributed by atoms with Gasteiger partial charge >= 0.3 is 0 Å². The molecule has 1 aromatic carbocycles. The van der Waals surface area contributed by atoms with E-state index in [1.807, 2.05) is 30.3 Å². The lowest BCUT2D eigenvalue weighted by Gasteiger charge is -2.20. The first-order chi connectivity index (χ1) is 11.5. The van der Waals surface area contributed by atoms with E-state index in [0.29, 0.717) is 11.3 Å². The molecule has 0 atom stereocenters. The van der Waals surface area contributed by atoms with Crippen molar-refractivity contribution in [3.05, 3.63) is 63.1 Å². The Balaban J connectivity index is 2.32. The summed E-state index contributed by atoms with van der Waals surface area (Å²) in [5.41, 5.74) is 3.19. The summed E-state index contributed by atoms with van der Waals surface area (Å²) in [6.07, 6.45) is 1.64. The Bertz CT molecular complexity index is 837. The van der Waals surface area contributed by atoms with E-state index in [2.05, 4.69) is 23.8 Å².